The van der Waals surface area contributed by atoms with Crippen molar-refractivity contribution in [2.75, 3.05) is 0 Å². The molecular formula is C24H48NO3P. The highest BCUT2D eigenvalue weighted by Gasteiger charge is 2.43. The second-order valence-electron chi connectivity index (χ2n) is 11.8. The molecule has 0 aliphatic heterocycles. The Labute approximate surface area is 180 Å². The van der Waals surface area contributed by atoms with Gasteiger partial charge < -0.3 is 0 Å². The molecule has 29 heavy (non-hydrogen) atoms. The van der Waals surface area contributed by atoms with Crippen LogP contribution in [0.5, 0.6) is 0 Å². The van der Waals surface area contributed by atoms with Crippen LogP contribution in [0.2, 0.25) is 0 Å². The molecule has 0 bridgehead atoms. The third kappa shape index (κ3) is 7.63. The molecule has 1 unspecified atom stereocenters. The minimum absolute atomic E-state index is 0.00190. The average molecular weight is 430 g/mol. The normalized spacial score (nSPS) is 36.4. The van der Waals surface area contributed by atoms with Crippen molar-refractivity contribution in [2.24, 2.45) is 35.5 Å². The monoisotopic (exact) mass is 429 g/mol. The maximum Gasteiger partial charge on any atom is 0.406 e. The van der Waals surface area contributed by atoms with E-state index in [1.165, 1.54) is 12.8 Å². The zero-order valence-corrected chi connectivity index (χ0v) is 21.4. The van der Waals surface area contributed by atoms with E-state index in [1.54, 1.807) is 0 Å². The fourth-order valence-electron chi connectivity index (χ4n) is 5.32. The van der Waals surface area contributed by atoms with E-state index in [2.05, 4.69) is 46.6 Å². The van der Waals surface area contributed by atoms with Crippen LogP contribution in [0.25, 0.3) is 0 Å². The van der Waals surface area contributed by atoms with Gasteiger partial charge in [0.2, 0.25) is 0 Å². The van der Waals surface area contributed by atoms with E-state index < -0.39 is 7.75 Å². The van der Waals surface area contributed by atoms with Crippen molar-refractivity contribution in [3.8, 4) is 0 Å². The first-order valence-corrected chi connectivity index (χ1v) is 13.6. The average Bonchev–Trinajstić information content (AvgIpc) is 2.51. The van der Waals surface area contributed by atoms with E-state index in [0.29, 0.717) is 35.5 Å². The van der Waals surface area contributed by atoms with Crippen LogP contribution in [0, 0.1) is 35.5 Å². The summed E-state index contributed by atoms with van der Waals surface area (Å²) in [5.74, 6) is 3.14. The first-order chi connectivity index (χ1) is 13.3. The van der Waals surface area contributed by atoms with E-state index in [-0.39, 0.29) is 17.7 Å². The van der Waals surface area contributed by atoms with Crippen molar-refractivity contribution in [3.05, 3.63) is 0 Å². The summed E-state index contributed by atoms with van der Waals surface area (Å²) in [6.45, 7) is 19.7. The Bertz CT molecular complexity index is 519. The van der Waals surface area contributed by atoms with Crippen molar-refractivity contribution >= 4 is 7.75 Å². The van der Waals surface area contributed by atoms with Gasteiger partial charge in [0.25, 0.3) is 0 Å². The molecule has 0 aromatic rings. The molecule has 0 radical (unpaired) electrons. The largest absolute Gasteiger partial charge is 0.406 e. The minimum Gasteiger partial charge on any atom is -0.293 e. The smallest absolute Gasteiger partial charge is 0.293 e. The Morgan fingerprint density at radius 1 is 0.793 bits per heavy atom. The second kappa shape index (κ2) is 10.2. The lowest BCUT2D eigenvalue weighted by molar-refractivity contribution is -0.00819. The van der Waals surface area contributed by atoms with Gasteiger partial charge in [-0.15, -0.1) is 0 Å². The minimum atomic E-state index is -3.43. The summed E-state index contributed by atoms with van der Waals surface area (Å²) in [6.07, 6.45) is 6.69. The van der Waals surface area contributed by atoms with Gasteiger partial charge in [0.05, 0.1) is 12.2 Å². The topological polar surface area (TPSA) is 47.6 Å². The lowest BCUT2D eigenvalue weighted by Gasteiger charge is -2.42. The molecular weight excluding hydrogens is 381 g/mol. The van der Waals surface area contributed by atoms with Gasteiger partial charge in [-0.1, -0.05) is 54.4 Å². The summed E-state index contributed by atoms with van der Waals surface area (Å²) in [4.78, 5) is 0. The molecule has 0 aromatic heterocycles. The predicted molar refractivity (Wildman–Crippen MR) is 123 cm³/mol. The van der Waals surface area contributed by atoms with Gasteiger partial charge in [-0.3, -0.25) is 9.05 Å². The van der Waals surface area contributed by atoms with Crippen LogP contribution in [-0.2, 0) is 13.6 Å². The summed E-state index contributed by atoms with van der Waals surface area (Å²) in [7, 11) is -3.43. The van der Waals surface area contributed by atoms with Gasteiger partial charge in [-0.2, -0.15) is 0 Å². The molecule has 0 spiro atoms. The van der Waals surface area contributed by atoms with Gasteiger partial charge in [-0.05, 0) is 82.0 Å². The summed E-state index contributed by atoms with van der Waals surface area (Å²) >= 11 is 0. The second-order valence-corrected chi connectivity index (χ2v) is 13.4. The molecule has 0 saturated heterocycles. The SMILES string of the molecule is CC(C)[C@H]1CC[C@@H](C)C[C@H]1OP(=O)(NC(C)(C)C)O[C@@H]1C[C@@H](C)CC[C@H]1C(C)C. The Kier molecular flexibility index (Phi) is 8.88. The molecule has 0 heterocycles. The Morgan fingerprint density at radius 3 is 1.48 bits per heavy atom. The van der Waals surface area contributed by atoms with Crippen LogP contribution in [0.15, 0.2) is 0 Å². The Hall–Kier alpha value is 0.110. The van der Waals surface area contributed by atoms with Gasteiger partial charge in [-0.25, -0.2) is 9.65 Å². The van der Waals surface area contributed by atoms with E-state index in [0.717, 1.165) is 25.7 Å². The van der Waals surface area contributed by atoms with Crippen LogP contribution < -0.4 is 5.09 Å². The quantitative estimate of drug-likeness (QED) is 0.427. The highest BCUT2D eigenvalue weighted by Crippen LogP contribution is 2.54. The molecule has 5 heteroatoms. The fraction of sp³-hybridized carbons (Fsp3) is 1.00. The van der Waals surface area contributed by atoms with Crippen LogP contribution in [0.3, 0.4) is 0 Å². The zero-order valence-electron chi connectivity index (χ0n) is 20.5. The Morgan fingerprint density at radius 2 is 1.17 bits per heavy atom. The van der Waals surface area contributed by atoms with E-state index in [9.17, 15) is 4.57 Å². The molecule has 2 aliphatic rings. The maximum absolute atomic E-state index is 14.2. The van der Waals surface area contributed by atoms with Gasteiger partial charge in [0.15, 0.2) is 0 Å². The molecule has 1 N–H and O–H groups in total. The third-order valence-corrected chi connectivity index (χ3v) is 8.98. The van der Waals surface area contributed by atoms with E-state index in [1.807, 2.05) is 20.8 Å². The number of hydrogen-bond donors (Lipinski definition) is 1. The third-order valence-electron chi connectivity index (χ3n) is 6.94. The summed E-state index contributed by atoms with van der Waals surface area (Å²) in [5, 5.41) is 3.29. The van der Waals surface area contributed by atoms with E-state index in [4.69, 9.17) is 9.05 Å². The van der Waals surface area contributed by atoms with Crippen molar-refractivity contribution in [2.45, 2.75) is 119 Å². The van der Waals surface area contributed by atoms with Gasteiger partial charge in [0, 0.05) is 5.54 Å². The molecule has 7 atom stereocenters. The molecule has 0 amide bonds. The van der Waals surface area contributed by atoms with Gasteiger partial charge in [0.1, 0.15) is 0 Å². The first kappa shape index (κ1) is 25.4. The number of nitrogens with one attached hydrogen (secondary N) is 1. The lowest BCUT2D eigenvalue weighted by Crippen LogP contribution is -2.42. The van der Waals surface area contributed by atoms with Crippen molar-refractivity contribution < 1.29 is 13.6 Å². The van der Waals surface area contributed by atoms with Crippen molar-refractivity contribution in [3.63, 3.8) is 0 Å². The lowest BCUT2D eigenvalue weighted by atomic mass is 9.75. The van der Waals surface area contributed by atoms with Crippen LogP contribution in [0.4, 0.5) is 0 Å². The molecule has 4 nitrogen and oxygen atoms in total. The zero-order chi connectivity index (χ0) is 22.0. The van der Waals surface area contributed by atoms with Crippen LogP contribution in [0.1, 0.15) is 101 Å². The highest BCUT2D eigenvalue weighted by molar-refractivity contribution is 7.51. The number of hydrogen-bond acceptors (Lipinski definition) is 3. The van der Waals surface area contributed by atoms with Gasteiger partial charge >= 0.3 is 7.75 Å². The van der Waals surface area contributed by atoms with Crippen molar-refractivity contribution in [1.82, 2.24) is 5.09 Å². The molecule has 2 aliphatic carbocycles. The summed E-state index contributed by atoms with van der Waals surface area (Å²) in [5.41, 5.74) is -0.337. The fourth-order valence-corrected chi connectivity index (χ4v) is 7.49. The maximum atomic E-state index is 14.2. The van der Waals surface area contributed by atoms with Crippen LogP contribution >= 0.6 is 7.75 Å². The Balaban J connectivity index is 2.25. The van der Waals surface area contributed by atoms with Crippen molar-refractivity contribution in [1.29, 1.82) is 0 Å². The van der Waals surface area contributed by atoms with Crippen LogP contribution in [-0.4, -0.2) is 17.7 Å². The molecule has 2 saturated carbocycles. The molecule has 2 rings (SSSR count). The highest BCUT2D eigenvalue weighted by atomic mass is 31.2. The first-order valence-electron chi connectivity index (χ1n) is 12.1. The summed E-state index contributed by atoms with van der Waals surface area (Å²) < 4.78 is 27.1. The number of rotatable bonds is 7. The predicted octanol–water partition coefficient (Wildman–Crippen LogP) is 7.44. The van der Waals surface area contributed by atoms with E-state index >= 15 is 0 Å². The molecule has 0 aromatic carbocycles. The summed E-state index contributed by atoms with van der Waals surface area (Å²) in [6, 6.07) is 0. The standard InChI is InChI=1S/C24H48NO3P/c1-16(2)20-12-10-18(5)14-22(20)27-29(26,25-24(7,8)9)28-23-15-19(6)11-13-21(23)17(3)4/h16-23H,10-15H2,1-9H3,(H,25,26)/t18-,19+,20-,21+,22-,23-,29?/m1/s1. The molecule has 2 fully saturated rings. The molecule has 172 valence electrons.